The number of nitrogens with zero attached hydrogens (tertiary/aromatic N) is 1. The van der Waals surface area contributed by atoms with Gasteiger partial charge in [0.05, 0.1) is 18.1 Å². The highest BCUT2D eigenvalue weighted by Gasteiger charge is 2.37. The van der Waals surface area contributed by atoms with Crippen LogP contribution in [0, 0.1) is 5.92 Å². The fourth-order valence-electron chi connectivity index (χ4n) is 2.31. The average molecular weight is 226 g/mol. The van der Waals surface area contributed by atoms with Crippen molar-refractivity contribution in [3.05, 3.63) is 0 Å². The Morgan fingerprint density at radius 3 is 2.94 bits per heavy atom. The summed E-state index contributed by atoms with van der Waals surface area (Å²) in [6, 6.07) is -0.292. The molecule has 0 aromatic rings. The molecule has 0 aromatic carbocycles. The van der Waals surface area contributed by atoms with E-state index in [0.717, 1.165) is 19.4 Å². The molecule has 2 saturated heterocycles. The number of nitrogens with one attached hydrogen (secondary N) is 1. The fraction of sp³-hybridized carbons (Fsp3) is 0.818. The van der Waals surface area contributed by atoms with Crippen molar-refractivity contribution in [1.82, 2.24) is 10.2 Å². The number of ether oxygens (including phenoxy) is 1. The predicted molar refractivity (Wildman–Crippen MR) is 57.9 cm³/mol. The highest BCUT2D eigenvalue weighted by Crippen LogP contribution is 2.26. The van der Waals surface area contributed by atoms with E-state index < -0.39 is 0 Å². The van der Waals surface area contributed by atoms with Crippen LogP contribution >= 0.6 is 0 Å². The van der Waals surface area contributed by atoms with Gasteiger partial charge in [-0.3, -0.25) is 10.1 Å². The standard InChI is InChI=1S/C11H18N2O3/c1-8-6-13(10(15)12-9(8)14)7-11(2)4-3-5-16-11/h8H,3-7H2,1-2H3,(H,12,14,15). The summed E-state index contributed by atoms with van der Waals surface area (Å²) in [6.07, 6.45) is 2.01. The first-order valence-corrected chi connectivity index (χ1v) is 5.74. The van der Waals surface area contributed by atoms with Gasteiger partial charge in [0.2, 0.25) is 5.91 Å². The SMILES string of the molecule is CC1CN(CC2(C)CCCO2)C(=O)NC1=O. The maximum absolute atomic E-state index is 11.6. The summed E-state index contributed by atoms with van der Waals surface area (Å²) in [4.78, 5) is 24.6. The quantitative estimate of drug-likeness (QED) is 0.755. The molecular formula is C11H18N2O3. The zero-order valence-electron chi connectivity index (χ0n) is 9.78. The molecule has 0 bridgehead atoms. The van der Waals surface area contributed by atoms with Gasteiger partial charge in [-0.25, -0.2) is 4.79 Å². The molecule has 3 amide bonds. The van der Waals surface area contributed by atoms with Crippen molar-refractivity contribution >= 4 is 11.9 Å². The van der Waals surface area contributed by atoms with Crippen molar-refractivity contribution in [3.8, 4) is 0 Å². The van der Waals surface area contributed by atoms with Gasteiger partial charge in [-0.15, -0.1) is 0 Å². The summed E-state index contributed by atoms with van der Waals surface area (Å²) in [6.45, 7) is 5.67. The Morgan fingerprint density at radius 1 is 1.56 bits per heavy atom. The molecule has 5 nitrogen and oxygen atoms in total. The first kappa shape index (κ1) is 11.4. The minimum atomic E-state index is -0.292. The Bertz CT molecular complexity index is 310. The van der Waals surface area contributed by atoms with Gasteiger partial charge in [-0.05, 0) is 19.8 Å². The van der Waals surface area contributed by atoms with Crippen LogP contribution in [0.4, 0.5) is 4.79 Å². The Morgan fingerprint density at radius 2 is 2.31 bits per heavy atom. The van der Waals surface area contributed by atoms with Crippen molar-refractivity contribution in [2.45, 2.75) is 32.3 Å². The molecule has 5 heteroatoms. The Labute approximate surface area is 95.1 Å². The molecule has 0 radical (unpaired) electrons. The molecule has 0 spiro atoms. The van der Waals surface area contributed by atoms with E-state index in [2.05, 4.69) is 5.32 Å². The number of rotatable bonds is 2. The molecule has 90 valence electrons. The number of hydrogen-bond donors (Lipinski definition) is 1. The number of carbonyl (C=O) groups excluding carboxylic acids is 2. The minimum Gasteiger partial charge on any atom is -0.373 e. The molecule has 2 atom stereocenters. The van der Waals surface area contributed by atoms with Gasteiger partial charge in [0.15, 0.2) is 0 Å². The maximum atomic E-state index is 11.6. The van der Waals surface area contributed by atoms with E-state index in [9.17, 15) is 9.59 Å². The van der Waals surface area contributed by atoms with Crippen molar-refractivity contribution in [3.63, 3.8) is 0 Å². The van der Waals surface area contributed by atoms with Gasteiger partial charge >= 0.3 is 6.03 Å². The smallest absolute Gasteiger partial charge is 0.324 e. The van der Waals surface area contributed by atoms with Crippen molar-refractivity contribution in [1.29, 1.82) is 0 Å². The zero-order valence-corrected chi connectivity index (χ0v) is 9.78. The van der Waals surface area contributed by atoms with E-state index in [1.165, 1.54) is 0 Å². The second kappa shape index (κ2) is 4.05. The molecule has 2 unspecified atom stereocenters. The van der Waals surface area contributed by atoms with Crippen molar-refractivity contribution < 1.29 is 14.3 Å². The molecular weight excluding hydrogens is 208 g/mol. The van der Waals surface area contributed by atoms with E-state index in [1.807, 2.05) is 13.8 Å². The summed E-state index contributed by atoms with van der Waals surface area (Å²) in [5.74, 6) is -0.318. The van der Waals surface area contributed by atoms with Crippen LogP contribution in [0.3, 0.4) is 0 Å². The lowest BCUT2D eigenvalue weighted by Gasteiger charge is -2.35. The molecule has 1 N–H and O–H groups in total. The van der Waals surface area contributed by atoms with Gasteiger partial charge in [-0.2, -0.15) is 0 Å². The lowest BCUT2D eigenvalue weighted by atomic mass is 10.0. The predicted octanol–water partition coefficient (Wildman–Crippen LogP) is 0.743. The summed E-state index contributed by atoms with van der Waals surface area (Å²) < 4.78 is 5.65. The second-order valence-corrected chi connectivity index (χ2v) is 4.98. The highest BCUT2D eigenvalue weighted by atomic mass is 16.5. The Kier molecular flexibility index (Phi) is 2.88. The zero-order chi connectivity index (χ0) is 11.8. The second-order valence-electron chi connectivity index (χ2n) is 4.98. The molecule has 0 aliphatic carbocycles. The number of amides is 3. The topological polar surface area (TPSA) is 58.6 Å². The first-order valence-electron chi connectivity index (χ1n) is 5.74. The molecule has 2 heterocycles. The number of carbonyl (C=O) groups is 2. The van der Waals surface area contributed by atoms with Gasteiger partial charge < -0.3 is 9.64 Å². The Hall–Kier alpha value is -1.10. The average Bonchev–Trinajstić information content (AvgIpc) is 2.62. The highest BCUT2D eigenvalue weighted by molar-refractivity contribution is 5.97. The van der Waals surface area contributed by atoms with E-state index in [4.69, 9.17) is 4.74 Å². The van der Waals surface area contributed by atoms with E-state index in [-0.39, 0.29) is 23.5 Å². The molecule has 2 aliphatic heterocycles. The summed E-state index contributed by atoms with van der Waals surface area (Å²) in [5.41, 5.74) is -0.239. The fourth-order valence-corrected chi connectivity index (χ4v) is 2.31. The number of urea groups is 1. The van der Waals surface area contributed by atoms with Crippen LogP contribution < -0.4 is 5.32 Å². The molecule has 2 fully saturated rings. The summed E-state index contributed by atoms with van der Waals surface area (Å²) >= 11 is 0. The van der Waals surface area contributed by atoms with E-state index in [0.29, 0.717) is 13.1 Å². The largest absolute Gasteiger partial charge is 0.373 e. The van der Waals surface area contributed by atoms with Crippen LogP contribution in [0.5, 0.6) is 0 Å². The number of imide groups is 1. The van der Waals surface area contributed by atoms with Crippen LogP contribution in [0.15, 0.2) is 0 Å². The van der Waals surface area contributed by atoms with Gasteiger partial charge in [-0.1, -0.05) is 6.92 Å². The third kappa shape index (κ3) is 2.19. The van der Waals surface area contributed by atoms with Crippen LogP contribution in [-0.4, -0.2) is 42.1 Å². The van der Waals surface area contributed by atoms with Gasteiger partial charge in [0, 0.05) is 13.2 Å². The van der Waals surface area contributed by atoms with Gasteiger partial charge in [0.25, 0.3) is 0 Å². The Balaban J connectivity index is 1.99. The third-order valence-corrected chi connectivity index (χ3v) is 3.28. The lowest BCUT2D eigenvalue weighted by molar-refractivity contribution is -0.126. The summed E-state index contributed by atoms with van der Waals surface area (Å²) in [7, 11) is 0. The van der Waals surface area contributed by atoms with E-state index >= 15 is 0 Å². The van der Waals surface area contributed by atoms with Crippen LogP contribution in [-0.2, 0) is 9.53 Å². The molecule has 2 aliphatic rings. The van der Waals surface area contributed by atoms with Crippen LogP contribution in [0.2, 0.25) is 0 Å². The monoisotopic (exact) mass is 226 g/mol. The molecule has 16 heavy (non-hydrogen) atoms. The van der Waals surface area contributed by atoms with Crippen molar-refractivity contribution in [2.75, 3.05) is 19.7 Å². The molecule has 0 saturated carbocycles. The van der Waals surface area contributed by atoms with Gasteiger partial charge in [0.1, 0.15) is 0 Å². The third-order valence-electron chi connectivity index (χ3n) is 3.28. The van der Waals surface area contributed by atoms with Crippen LogP contribution in [0.25, 0.3) is 0 Å². The van der Waals surface area contributed by atoms with Crippen LogP contribution in [0.1, 0.15) is 26.7 Å². The molecule has 2 rings (SSSR count). The number of hydrogen-bond acceptors (Lipinski definition) is 3. The summed E-state index contributed by atoms with van der Waals surface area (Å²) in [5, 5.41) is 2.36. The van der Waals surface area contributed by atoms with Crippen molar-refractivity contribution in [2.24, 2.45) is 5.92 Å². The lowest BCUT2D eigenvalue weighted by Crippen LogP contribution is -2.57. The van der Waals surface area contributed by atoms with E-state index in [1.54, 1.807) is 4.90 Å². The first-order chi connectivity index (χ1) is 7.50. The molecule has 0 aromatic heterocycles. The minimum absolute atomic E-state index is 0.136. The maximum Gasteiger partial charge on any atom is 0.324 e. The normalized spacial score (nSPS) is 35.4.